The molecule has 0 amide bonds. The van der Waals surface area contributed by atoms with Crippen LogP contribution in [0.15, 0.2) is 18.2 Å². The van der Waals surface area contributed by atoms with Crippen LogP contribution in [-0.4, -0.2) is 41.0 Å². The summed E-state index contributed by atoms with van der Waals surface area (Å²) in [6.07, 6.45) is 0. The molecule has 0 aliphatic heterocycles. The minimum atomic E-state index is 0.596. The molecular formula is C12H17N5O2. The van der Waals surface area contributed by atoms with Gasteiger partial charge in [-0.15, -0.1) is 5.10 Å². The second-order valence-electron chi connectivity index (χ2n) is 3.83. The van der Waals surface area contributed by atoms with Gasteiger partial charge in [0, 0.05) is 6.07 Å². The molecule has 0 saturated carbocycles. The first-order chi connectivity index (χ1) is 9.30. The molecule has 1 N–H and O–H groups in total. The minimum Gasteiger partial charge on any atom is -0.497 e. The van der Waals surface area contributed by atoms with Crippen molar-refractivity contribution in [2.24, 2.45) is 0 Å². The van der Waals surface area contributed by atoms with Gasteiger partial charge in [-0.05, 0) is 29.1 Å². The van der Waals surface area contributed by atoms with Crippen LogP contribution in [0.4, 0.5) is 0 Å². The van der Waals surface area contributed by atoms with Crippen molar-refractivity contribution < 1.29 is 9.47 Å². The summed E-state index contributed by atoms with van der Waals surface area (Å²) in [7, 11) is 3.22. The van der Waals surface area contributed by atoms with Gasteiger partial charge in [0.05, 0.1) is 20.8 Å². The van der Waals surface area contributed by atoms with Gasteiger partial charge in [0.15, 0.2) is 5.82 Å². The predicted octanol–water partition coefficient (Wildman–Crippen LogP) is 0.789. The molecule has 0 spiro atoms. The van der Waals surface area contributed by atoms with E-state index in [-0.39, 0.29) is 0 Å². The Morgan fingerprint density at radius 1 is 1.26 bits per heavy atom. The lowest BCUT2D eigenvalue weighted by Crippen LogP contribution is -2.16. The van der Waals surface area contributed by atoms with Crippen LogP contribution in [0.1, 0.15) is 12.7 Å². The molecule has 1 aromatic carbocycles. The maximum atomic E-state index is 5.35. The Morgan fingerprint density at radius 3 is 2.79 bits per heavy atom. The van der Waals surface area contributed by atoms with Gasteiger partial charge in [0.2, 0.25) is 0 Å². The van der Waals surface area contributed by atoms with Gasteiger partial charge in [-0.25, -0.2) is 0 Å². The number of nitrogens with zero attached hydrogens (tertiary/aromatic N) is 4. The highest BCUT2D eigenvalue weighted by atomic mass is 16.5. The molecular weight excluding hydrogens is 246 g/mol. The van der Waals surface area contributed by atoms with Crippen LogP contribution < -0.4 is 14.8 Å². The van der Waals surface area contributed by atoms with Gasteiger partial charge in [-0.2, -0.15) is 4.68 Å². The van der Waals surface area contributed by atoms with E-state index >= 15 is 0 Å². The molecule has 7 nitrogen and oxygen atoms in total. The Morgan fingerprint density at radius 2 is 2.11 bits per heavy atom. The SMILES string of the molecule is CCNCc1nnnn1-c1ccc(OC)cc1OC. The fraction of sp³-hybridized carbons (Fsp3) is 0.417. The van der Waals surface area contributed by atoms with E-state index < -0.39 is 0 Å². The summed E-state index contributed by atoms with van der Waals surface area (Å²) in [4.78, 5) is 0. The van der Waals surface area contributed by atoms with Crippen LogP contribution in [0.5, 0.6) is 11.5 Å². The Kier molecular flexibility index (Phi) is 4.30. The maximum absolute atomic E-state index is 5.35. The first-order valence-corrected chi connectivity index (χ1v) is 6.00. The standard InChI is InChI=1S/C12H17N5O2/c1-4-13-8-12-14-15-16-17(12)10-6-5-9(18-2)7-11(10)19-3/h5-7,13H,4,8H2,1-3H3. The molecule has 0 aliphatic rings. The van der Waals surface area contributed by atoms with Crippen molar-refractivity contribution in [3.05, 3.63) is 24.0 Å². The fourth-order valence-corrected chi connectivity index (χ4v) is 1.70. The Balaban J connectivity index is 2.38. The van der Waals surface area contributed by atoms with Crippen molar-refractivity contribution in [3.63, 3.8) is 0 Å². The van der Waals surface area contributed by atoms with Crippen LogP contribution >= 0.6 is 0 Å². The van der Waals surface area contributed by atoms with Gasteiger partial charge < -0.3 is 14.8 Å². The summed E-state index contributed by atoms with van der Waals surface area (Å²) >= 11 is 0. The van der Waals surface area contributed by atoms with E-state index in [0.29, 0.717) is 12.3 Å². The zero-order valence-corrected chi connectivity index (χ0v) is 11.3. The fourth-order valence-electron chi connectivity index (χ4n) is 1.70. The summed E-state index contributed by atoms with van der Waals surface area (Å²) in [5, 5.41) is 14.9. The molecule has 0 radical (unpaired) electrons. The lowest BCUT2D eigenvalue weighted by molar-refractivity contribution is 0.392. The predicted molar refractivity (Wildman–Crippen MR) is 69.6 cm³/mol. The number of tetrazole rings is 1. The number of ether oxygens (including phenoxy) is 2. The highest BCUT2D eigenvalue weighted by molar-refractivity contribution is 5.50. The Bertz CT molecular complexity index is 541. The molecule has 2 rings (SSSR count). The molecule has 2 aromatic rings. The van der Waals surface area contributed by atoms with Crippen molar-refractivity contribution >= 4 is 0 Å². The molecule has 0 saturated heterocycles. The van der Waals surface area contributed by atoms with E-state index in [4.69, 9.17) is 9.47 Å². The van der Waals surface area contributed by atoms with E-state index in [9.17, 15) is 0 Å². The molecule has 19 heavy (non-hydrogen) atoms. The second kappa shape index (κ2) is 6.14. The van der Waals surface area contributed by atoms with Crippen molar-refractivity contribution in [2.45, 2.75) is 13.5 Å². The molecule has 1 aromatic heterocycles. The number of methoxy groups -OCH3 is 2. The third-order valence-electron chi connectivity index (χ3n) is 2.68. The van der Waals surface area contributed by atoms with Gasteiger partial charge >= 0.3 is 0 Å². The van der Waals surface area contributed by atoms with E-state index in [2.05, 4.69) is 20.8 Å². The maximum Gasteiger partial charge on any atom is 0.170 e. The lowest BCUT2D eigenvalue weighted by atomic mass is 10.2. The first-order valence-electron chi connectivity index (χ1n) is 6.00. The van der Waals surface area contributed by atoms with E-state index in [1.165, 1.54) is 0 Å². The van der Waals surface area contributed by atoms with Crippen LogP contribution in [0, 0.1) is 0 Å². The first kappa shape index (κ1) is 13.3. The number of hydrogen-bond acceptors (Lipinski definition) is 6. The van der Waals surface area contributed by atoms with Gasteiger partial charge in [-0.1, -0.05) is 6.92 Å². The molecule has 0 unspecified atom stereocenters. The van der Waals surface area contributed by atoms with E-state index in [0.717, 1.165) is 23.8 Å². The van der Waals surface area contributed by atoms with Gasteiger partial charge in [0.25, 0.3) is 0 Å². The summed E-state index contributed by atoms with van der Waals surface area (Å²) in [5.74, 6) is 2.11. The van der Waals surface area contributed by atoms with Crippen LogP contribution in [0.2, 0.25) is 0 Å². The lowest BCUT2D eigenvalue weighted by Gasteiger charge is -2.11. The summed E-state index contributed by atoms with van der Waals surface area (Å²) < 4.78 is 12.2. The van der Waals surface area contributed by atoms with Crippen LogP contribution in [0.3, 0.4) is 0 Å². The molecule has 0 atom stereocenters. The quantitative estimate of drug-likeness (QED) is 0.830. The highest BCUT2D eigenvalue weighted by Crippen LogP contribution is 2.27. The van der Waals surface area contributed by atoms with Crippen LogP contribution in [-0.2, 0) is 6.54 Å². The molecule has 0 fully saturated rings. The summed E-state index contributed by atoms with van der Waals surface area (Å²) in [6, 6.07) is 5.51. The smallest absolute Gasteiger partial charge is 0.170 e. The Hall–Kier alpha value is -2.15. The molecule has 0 aliphatic carbocycles. The zero-order valence-electron chi connectivity index (χ0n) is 11.3. The number of rotatable bonds is 6. The molecule has 102 valence electrons. The zero-order chi connectivity index (χ0) is 13.7. The number of aromatic nitrogens is 4. The topological polar surface area (TPSA) is 74.1 Å². The normalized spacial score (nSPS) is 10.5. The number of benzene rings is 1. The number of hydrogen-bond donors (Lipinski definition) is 1. The monoisotopic (exact) mass is 263 g/mol. The van der Waals surface area contributed by atoms with E-state index in [1.807, 2.05) is 19.1 Å². The third-order valence-corrected chi connectivity index (χ3v) is 2.68. The summed E-state index contributed by atoms with van der Waals surface area (Å²) in [5.41, 5.74) is 0.779. The van der Waals surface area contributed by atoms with Crippen LogP contribution in [0.25, 0.3) is 5.69 Å². The largest absolute Gasteiger partial charge is 0.497 e. The van der Waals surface area contributed by atoms with Crippen molar-refractivity contribution in [1.82, 2.24) is 25.5 Å². The highest BCUT2D eigenvalue weighted by Gasteiger charge is 2.13. The van der Waals surface area contributed by atoms with E-state index in [1.54, 1.807) is 25.0 Å². The van der Waals surface area contributed by atoms with Crippen molar-refractivity contribution in [3.8, 4) is 17.2 Å². The van der Waals surface area contributed by atoms with Crippen molar-refractivity contribution in [2.75, 3.05) is 20.8 Å². The second-order valence-corrected chi connectivity index (χ2v) is 3.83. The molecule has 0 bridgehead atoms. The Labute approximate surface area is 111 Å². The van der Waals surface area contributed by atoms with Gasteiger partial charge in [-0.3, -0.25) is 0 Å². The molecule has 7 heteroatoms. The number of nitrogens with one attached hydrogen (secondary N) is 1. The minimum absolute atomic E-state index is 0.596. The molecule has 1 heterocycles. The average molecular weight is 263 g/mol. The summed E-state index contributed by atoms with van der Waals surface area (Å²) in [6.45, 7) is 3.48. The van der Waals surface area contributed by atoms with Crippen molar-refractivity contribution in [1.29, 1.82) is 0 Å². The van der Waals surface area contributed by atoms with Gasteiger partial charge in [0.1, 0.15) is 17.2 Å². The average Bonchev–Trinajstić information content (AvgIpc) is 2.92. The third kappa shape index (κ3) is 2.82.